The Balaban J connectivity index is 1.59. The third-order valence-corrected chi connectivity index (χ3v) is 5.57. The van der Waals surface area contributed by atoms with E-state index in [2.05, 4.69) is 5.32 Å². The summed E-state index contributed by atoms with van der Waals surface area (Å²) in [5.74, 6) is 0.0927. The highest BCUT2D eigenvalue weighted by molar-refractivity contribution is 5.87. The van der Waals surface area contributed by atoms with E-state index >= 15 is 0 Å². The SMILES string of the molecule is O=C(O)c1ccc(Oc2cc(-c3ccccc3)ccc2NC[C@@H]2CCCN2C(=O)O)cc1. The number of aromatic carboxylic acids is 1. The van der Waals surface area contributed by atoms with Crippen molar-refractivity contribution < 1.29 is 24.5 Å². The number of hydrogen-bond acceptors (Lipinski definition) is 4. The number of hydrogen-bond donors (Lipinski definition) is 3. The molecule has 0 unspecified atom stereocenters. The monoisotopic (exact) mass is 432 g/mol. The molecule has 0 spiro atoms. The second-order valence-electron chi connectivity index (χ2n) is 7.66. The zero-order valence-corrected chi connectivity index (χ0v) is 17.4. The summed E-state index contributed by atoms with van der Waals surface area (Å²) in [7, 11) is 0. The first kappa shape index (κ1) is 21.2. The first-order valence-electron chi connectivity index (χ1n) is 10.5. The lowest BCUT2D eigenvalue weighted by molar-refractivity contribution is 0.0696. The molecule has 0 aromatic heterocycles. The molecule has 1 amide bonds. The van der Waals surface area contributed by atoms with Crippen LogP contribution in [-0.4, -0.2) is 46.3 Å². The van der Waals surface area contributed by atoms with Crippen LogP contribution < -0.4 is 10.1 Å². The van der Waals surface area contributed by atoms with Crippen molar-refractivity contribution in [1.82, 2.24) is 4.90 Å². The van der Waals surface area contributed by atoms with Crippen molar-refractivity contribution in [1.29, 1.82) is 0 Å². The number of nitrogens with zero attached hydrogens (tertiary/aromatic N) is 1. The van der Waals surface area contributed by atoms with E-state index in [4.69, 9.17) is 9.84 Å². The van der Waals surface area contributed by atoms with Gasteiger partial charge in [-0.2, -0.15) is 0 Å². The Morgan fingerprint density at radius 1 is 0.969 bits per heavy atom. The minimum absolute atomic E-state index is 0.0935. The maximum atomic E-state index is 11.4. The van der Waals surface area contributed by atoms with Gasteiger partial charge in [-0.3, -0.25) is 0 Å². The van der Waals surface area contributed by atoms with Gasteiger partial charge in [-0.1, -0.05) is 36.4 Å². The Bertz CT molecular complexity index is 1100. The van der Waals surface area contributed by atoms with Crippen molar-refractivity contribution in [2.45, 2.75) is 18.9 Å². The van der Waals surface area contributed by atoms with Crippen LogP contribution in [0.2, 0.25) is 0 Å². The van der Waals surface area contributed by atoms with Crippen LogP contribution in [0.25, 0.3) is 11.1 Å². The number of nitrogens with one attached hydrogen (secondary N) is 1. The van der Waals surface area contributed by atoms with Gasteiger partial charge >= 0.3 is 12.1 Å². The van der Waals surface area contributed by atoms with E-state index in [0.717, 1.165) is 29.7 Å². The number of amides is 1. The van der Waals surface area contributed by atoms with Crippen molar-refractivity contribution in [3.05, 3.63) is 78.4 Å². The van der Waals surface area contributed by atoms with E-state index in [0.29, 0.717) is 24.6 Å². The molecule has 7 nitrogen and oxygen atoms in total. The number of rotatable bonds is 7. The molecule has 164 valence electrons. The smallest absolute Gasteiger partial charge is 0.407 e. The normalized spacial score (nSPS) is 15.4. The van der Waals surface area contributed by atoms with Gasteiger partial charge in [0, 0.05) is 13.1 Å². The quantitative estimate of drug-likeness (QED) is 0.462. The molecule has 7 heteroatoms. The Hall–Kier alpha value is -4.00. The Morgan fingerprint density at radius 2 is 1.72 bits per heavy atom. The minimum atomic E-state index is -0.996. The van der Waals surface area contributed by atoms with Crippen molar-refractivity contribution in [3.8, 4) is 22.6 Å². The molecule has 3 N–H and O–H groups in total. The molecule has 1 heterocycles. The van der Waals surface area contributed by atoms with E-state index < -0.39 is 12.1 Å². The van der Waals surface area contributed by atoms with E-state index in [9.17, 15) is 14.7 Å². The van der Waals surface area contributed by atoms with Gasteiger partial charge in [0.1, 0.15) is 5.75 Å². The molecule has 1 fully saturated rings. The zero-order chi connectivity index (χ0) is 22.5. The number of ether oxygens (including phenoxy) is 1. The fraction of sp³-hybridized carbons (Fsp3) is 0.200. The van der Waals surface area contributed by atoms with Crippen LogP contribution in [0, 0.1) is 0 Å². The molecular weight excluding hydrogens is 408 g/mol. The second-order valence-corrected chi connectivity index (χ2v) is 7.66. The summed E-state index contributed by atoms with van der Waals surface area (Å²) in [5, 5.41) is 21.8. The third kappa shape index (κ3) is 4.83. The highest BCUT2D eigenvalue weighted by Gasteiger charge is 2.28. The highest BCUT2D eigenvalue weighted by atomic mass is 16.5. The molecule has 3 aromatic carbocycles. The Labute approximate surface area is 185 Å². The summed E-state index contributed by atoms with van der Waals surface area (Å²) in [6, 6.07) is 21.9. The lowest BCUT2D eigenvalue weighted by Gasteiger charge is -2.23. The molecule has 32 heavy (non-hydrogen) atoms. The van der Waals surface area contributed by atoms with E-state index in [1.165, 1.54) is 17.0 Å². The summed E-state index contributed by atoms with van der Waals surface area (Å²) in [6.07, 6.45) is 0.766. The average Bonchev–Trinajstić information content (AvgIpc) is 3.28. The molecule has 0 aliphatic carbocycles. The molecule has 0 saturated carbocycles. The predicted molar refractivity (Wildman–Crippen MR) is 122 cm³/mol. The zero-order valence-electron chi connectivity index (χ0n) is 17.4. The molecule has 3 aromatic rings. The van der Waals surface area contributed by atoms with Gasteiger partial charge in [0.2, 0.25) is 0 Å². The van der Waals surface area contributed by atoms with Gasteiger partial charge in [-0.25, -0.2) is 9.59 Å². The van der Waals surface area contributed by atoms with Crippen LogP contribution in [-0.2, 0) is 0 Å². The van der Waals surface area contributed by atoms with Crippen LogP contribution in [0.1, 0.15) is 23.2 Å². The summed E-state index contributed by atoms with van der Waals surface area (Å²) in [6.45, 7) is 1.03. The fourth-order valence-corrected chi connectivity index (χ4v) is 3.88. The van der Waals surface area contributed by atoms with Crippen LogP contribution in [0.5, 0.6) is 11.5 Å². The number of likely N-dealkylation sites (tertiary alicyclic amines) is 1. The maximum absolute atomic E-state index is 11.4. The number of carboxylic acids is 1. The largest absolute Gasteiger partial charge is 0.478 e. The van der Waals surface area contributed by atoms with E-state index in [1.807, 2.05) is 48.5 Å². The summed E-state index contributed by atoms with van der Waals surface area (Å²) in [5.41, 5.74) is 2.94. The van der Waals surface area contributed by atoms with Gasteiger partial charge in [-0.05, 0) is 60.4 Å². The van der Waals surface area contributed by atoms with Crippen LogP contribution in [0.4, 0.5) is 10.5 Å². The van der Waals surface area contributed by atoms with Gasteiger partial charge in [0.25, 0.3) is 0 Å². The van der Waals surface area contributed by atoms with Gasteiger partial charge in [0.15, 0.2) is 5.75 Å². The average molecular weight is 432 g/mol. The highest BCUT2D eigenvalue weighted by Crippen LogP contribution is 2.34. The van der Waals surface area contributed by atoms with Crippen LogP contribution in [0.3, 0.4) is 0 Å². The maximum Gasteiger partial charge on any atom is 0.407 e. The molecule has 1 saturated heterocycles. The van der Waals surface area contributed by atoms with Crippen LogP contribution in [0.15, 0.2) is 72.8 Å². The van der Waals surface area contributed by atoms with Crippen molar-refractivity contribution in [2.24, 2.45) is 0 Å². The standard InChI is InChI=1S/C25H24N2O5/c28-24(29)18-8-11-21(12-9-18)32-23-15-19(17-5-2-1-3-6-17)10-13-22(23)26-16-20-7-4-14-27(20)25(30)31/h1-3,5-6,8-13,15,20,26H,4,7,14,16H2,(H,28,29)(H,30,31)/t20-/m0/s1. The van der Waals surface area contributed by atoms with E-state index in [-0.39, 0.29) is 11.6 Å². The molecule has 0 radical (unpaired) electrons. The summed E-state index contributed by atoms with van der Waals surface area (Å²) in [4.78, 5) is 24.0. The lowest BCUT2D eigenvalue weighted by atomic mass is 10.0. The molecule has 0 bridgehead atoms. The van der Waals surface area contributed by atoms with Crippen molar-refractivity contribution in [3.63, 3.8) is 0 Å². The molecule has 4 rings (SSSR count). The molecular formula is C25H24N2O5. The van der Waals surface area contributed by atoms with Gasteiger partial charge in [0.05, 0.1) is 17.3 Å². The topological polar surface area (TPSA) is 99.1 Å². The third-order valence-electron chi connectivity index (χ3n) is 5.57. The van der Waals surface area contributed by atoms with Crippen LogP contribution >= 0.6 is 0 Å². The van der Waals surface area contributed by atoms with Crippen molar-refractivity contribution >= 4 is 17.7 Å². The van der Waals surface area contributed by atoms with Crippen molar-refractivity contribution in [2.75, 3.05) is 18.4 Å². The van der Waals surface area contributed by atoms with E-state index in [1.54, 1.807) is 12.1 Å². The Morgan fingerprint density at radius 3 is 2.41 bits per heavy atom. The summed E-state index contributed by atoms with van der Waals surface area (Å²) >= 11 is 0. The molecule has 1 aliphatic rings. The number of benzene rings is 3. The minimum Gasteiger partial charge on any atom is -0.478 e. The number of anilines is 1. The van der Waals surface area contributed by atoms with Gasteiger partial charge in [-0.15, -0.1) is 0 Å². The predicted octanol–water partition coefficient (Wildman–Crippen LogP) is 5.40. The second kappa shape index (κ2) is 9.43. The number of carboxylic acid groups (broad SMARTS) is 2. The fourth-order valence-electron chi connectivity index (χ4n) is 3.88. The summed E-state index contributed by atoms with van der Waals surface area (Å²) < 4.78 is 6.11. The Kier molecular flexibility index (Phi) is 6.26. The van der Waals surface area contributed by atoms with Gasteiger partial charge < -0.3 is 25.2 Å². The molecule has 1 atom stereocenters. The number of carbonyl (C=O) groups is 2. The lowest BCUT2D eigenvalue weighted by Crippen LogP contribution is -2.38. The first-order valence-corrected chi connectivity index (χ1v) is 10.5. The molecule has 1 aliphatic heterocycles. The first-order chi connectivity index (χ1) is 15.5.